The van der Waals surface area contributed by atoms with Crippen LogP contribution in [0.2, 0.25) is 0 Å². The van der Waals surface area contributed by atoms with E-state index in [1.165, 1.54) is 12.8 Å². The van der Waals surface area contributed by atoms with Crippen LogP contribution in [0.25, 0.3) is 0 Å². The number of hydrogen-bond acceptors (Lipinski definition) is 2. The van der Waals surface area contributed by atoms with Crippen LogP contribution >= 0.6 is 15.9 Å². The first kappa shape index (κ1) is 12.5. The van der Waals surface area contributed by atoms with Gasteiger partial charge in [-0.05, 0) is 37.0 Å². The van der Waals surface area contributed by atoms with E-state index in [4.69, 9.17) is 6.42 Å². The third-order valence-corrected chi connectivity index (χ3v) is 3.50. The summed E-state index contributed by atoms with van der Waals surface area (Å²) in [6, 6.07) is 5.96. The second kappa shape index (κ2) is 5.57. The van der Waals surface area contributed by atoms with Crippen molar-refractivity contribution < 1.29 is 5.11 Å². The molecule has 1 aliphatic rings. The zero-order chi connectivity index (χ0) is 12.3. The lowest BCUT2D eigenvalue weighted by molar-refractivity contribution is 0.282. The van der Waals surface area contributed by atoms with E-state index in [-0.39, 0.29) is 6.61 Å². The summed E-state index contributed by atoms with van der Waals surface area (Å²) < 4.78 is 0.984. The Morgan fingerprint density at radius 2 is 2.24 bits per heavy atom. The van der Waals surface area contributed by atoms with E-state index in [0.29, 0.717) is 6.54 Å². The third-order valence-electron chi connectivity index (χ3n) is 3.01. The number of anilines is 1. The van der Waals surface area contributed by atoms with Crippen molar-refractivity contribution in [3.63, 3.8) is 0 Å². The van der Waals surface area contributed by atoms with E-state index in [2.05, 4.69) is 26.8 Å². The molecule has 0 atom stereocenters. The van der Waals surface area contributed by atoms with Crippen molar-refractivity contribution in [1.29, 1.82) is 0 Å². The van der Waals surface area contributed by atoms with Crippen LogP contribution in [-0.4, -0.2) is 18.2 Å². The van der Waals surface area contributed by atoms with Crippen LogP contribution in [0.5, 0.6) is 0 Å². The molecule has 0 radical (unpaired) electrons. The number of aliphatic hydroxyl groups excluding tert-OH is 1. The SMILES string of the molecule is C#CCN(CC1CC1)c1ccc(Br)cc1CO. The van der Waals surface area contributed by atoms with Gasteiger partial charge in [0.25, 0.3) is 0 Å². The minimum Gasteiger partial charge on any atom is -0.392 e. The maximum absolute atomic E-state index is 9.41. The minimum absolute atomic E-state index is 0.0422. The number of rotatable bonds is 5. The molecule has 0 bridgehead atoms. The summed E-state index contributed by atoms with van der Waals surface area (Å²) >= 11 is 3.42. The molecule has 0 amide bonds. The van der Waals surface area contributed by atoms with Crippen LogP contribution < -0.4 is 4.90 Å². The fourth-order valence-corrected chi connectivity index (χ4v) is 2.37. The van der Waals surface area contributed by atoms with E-state index in [9.17, 15) is 5.11 Å². The third kappa shape index (κ3) is 3.24. The van der Waals surface area contributed by atoms with Gasteiger partial charge >= 0.3 is 0 Å². The lowest BCUT2D eigenvalue weighted by Gasteiger charge is -2.24. The van der Waals surface area contributed by atoms with Gasteiger partial charge in [-0.2, -0.15) is 0 Å². The molecule has 0 aromatic heterocycles. The molecule has 0 heterocycles. The molecule has 90 valence electrons. The number of aliphatic hydroxyl groups is 1. The van der Waals surface area contributed by atoms with Gasteiger partial charge < -0.3 is 10.0 Å². The van der Waals surface area contributed by atoms with E-state index in [1.54, 1.807) is 0 Å². The van der Waals surface area contributed by atoms with Gasteiger partial charge in [-0.3, -0.25) is 0 Å². The van der Waals surface area contributed by atoms with Gasteiger partial charge in [0.05, 0.1) is 13.2 Å². The molecular formula is C14H16BrNO. The molecule has 1 N–H and O–H groups in total. The van der Waals surface area contributed by atoms with Crippen molar-refractivity contribution in [2.45, 2.75) is 19.4 Å². The Hall–Kier alpha value is -0.980. The van der Waals surface area contributed by atoms with Crippen LogP contribution in [-0.2, 0) is 6.61 Å². The molecule has 1 aromatic carbocycles. The molecule has 0 aliphatic heterocycles. The van der Waals surface area contributed by atoms with Crippen molar-refractivity contribution >= 4 is 21.6 Å². The summed E-state index contributed by atoms with van der Waals surface area (Å²) in [6.45, 7) is 1.64. The molecule has 1 saturated carbocycles. The average molecular weight is 294 g/mol. The van der Waals surface area contributed by atoms with Gasteiger partial charge in [0, 0.05) is 22.3 Å². The van der Waals surface area contributed by atoms with Crippen LogP contribution in [0.3, 0.4) is 0 Å². The van der Waals surface area contributed by atoms with Gasteiger partial charge in [-0.25, -0.2) is 0 Å². The molecule has 0 saturated heterocycles. The molecule has 1 fully saturated rings. The van der Waals surface area contributed by atoms with Crippen molar-refractivity contribution in [3.05, 3.63) is 28.2 Å². The van der Waals surface area contributed by atoms with Crippen molar-refractivity contribution in [1.82, 2.24) is 0 Å². The Morgan fingerprint density at radius 3 is 2.82 bits per heavy atom. The zero-order valence-electron chi connectivity index (χ0n) is 9.69. The zero-order valence-corrected chi connectivity index (χ0v) is 11.3. The molecule has 1 aliphatic carbocycles. The quantitative estimate of drug-likeness (QED) is 0.844. The number of halogens is 1. The number of benzene rings is 1. The summed E-state index contributed by atoms with van der Waals surface area (Å²) in [5.41, 5.74) is 1.98. The Labute approximate surface area is 111 Å². The molecule has 2 nitrogen and oxygen atoms in total. The Kier molecular flexibility index (Phi) is 4.09. The van der Waals surface area contributed by atoms with Gasteiger partial charge in [-0.15, -0.1) is 6.42 Å². The Morgan fingerprint density at radius 1 is 1.47 bits per heavy atom. The number of terminal acetylenes is 1. The monoisotopic (exact) mass is 293 g/mol. The van der Waals surface area contributed by atoms with Gasteiger partial charge in [0.1, 0.15) is 0 Å². The van der Waals surface area contributed by atoms with E-state index in [1.807, 2.05) is 18.2 Å². The van der Waals surface area contributed by atoms with E-state index >= 15 is 0 Å². The van der Waals surface area contributed by atoms with Crippen LogP contribution in [0, 0.1) is 18.3 Å². The topological polar surface area (TPSA) is 23.5 Å². The Bertz CT molecular complexity index is 434. The summed E-state index contributed by atoms with van der Waals surface area (Å²) in [5, 5.41) is 9.41. The van der Waals surface area contributed by atoms with E-state index < -0.39 is 0 Å². The first-order valence-electron chi connectivity index (χ1n) is 5.82. The average Bonchev–Trinajstić information content (AvgIpc) is 3.12. The van der Waals surface area contributed by atoms with Crippen molar-refractivity contribution in [2.24, 2.45) is 5.92 Å². The normalized spacial score (nSPS) is 14.4. The molecule has 1 aromatic rings. The van der Waals surface area contributed by atoms with Crippen LogP contribution in [0.4, 0.5) is 5.69 Å². The highest BCUT2D eigenvalue weighted by Gasteiger charge is 2.25. The second-order valence-corrected chi connectivity index (χ2v) is 5.37. The highest BCUT2D eigenvalue weighted by molar-refractivity contribution is 9.10. The highest BCUT2D eigenvalue weighted by Crippen LogP contribution is 2.33. The fourth-order valence-electron chi connectivity index (χ4n) is 1.96. The van der Waals surface area contributed by atoms with Gasteiger partial charge in [-0.1, -0.05) is 21.9 Å². The molecule has 3 heteroatoms. The lowest BCUT2D eigenvalue weighted by atomic mass is 10.1. The highest BCUT2D eigenvalue weighted by atomic mass is 79.9. The van der Waals surface area contributed by atoms with Crippen molar-refractivity contribution in [2.75, 3.05) is 18.0 Å². The van der Waals surface area contributed by atoms with Crippen molar-refractivity contribution in [3.8, 4) is 12.3 Å². The maximum atomic E-state index is 9.41. The Balaban J connectivity index is 2.23. The second-order valence-electron chi connectivity index (χ2n) is 4.46. The first-order valence-corrected chi connectivity index (χ1v) is 6.61. The minimum atomic E-state index is 0.0422. The predicted octanol–water partition coefficient (Wildman–Crippen LogP) is 2.79. The fraction of sp³-hybridized carbons (Fsp3) is 0.429. The first-order chi connectivity index (χ1) is 8.24. The molecule has 0 spiro atoms. The van der Waals surface area contributed by atoms with Gasteiger partial charge in [0.2, 0.25) is 0 Å². The summed E-state index contributed by atoms with van der Waals surface area (Å²) in [4.78, 5) is 2.19. The van der Waals surface area contributed by atoms with Gasteiger partial charge in [0.15, 0.2) is 0 Å². The molecule has 0 unspecified atom stereocenters. The summed E-state index contributed by atoms with van der Waals surface area (Å²) in [6.07, 6.45) is 8.02. The predicted molar refractivity (Wildman–Crippen MR) is 73.8 cm³/mol. The maximum Gasteiger partial charge on any atom is 0.0791 e. The number of hydrogen-bond donors (Lipinski definition) is 1. The molecule has 17 heavy (non-hydrogen) atoms. The smallest absolute Gasteiger partial charge is 0.0791 e. The van der Waals surface area contributed by atoms with E-state index in [0.717, 1.165) is 28.2 Å². The number of nitrogens with zero attached hydrogens (tertiary/aromatic N) is 1. The lowest BCUT2D eigenvalue weighted by Crippen LogP contribution is -2.27. The summed E-state index contributed by atoms with van der Waals surface area (Å²) in [7, 11) is 0. The molecular weight excluding hydrogens is 278 g/mol. The summed E-state index contributed by atoms with van der Waals surface area (Å²) in [5.74, 6) is 3.47. The standard InChI is InChI=1S/C14H16BrNO/c1-2-7-16(9-11-3-4-11)14-6-5-13(15)8-12(14)10-17/h1,5-6,8,11,17H,3-4,7,9-10H2. The van der Waals surface area contributed by atoms with Crippen LogP contribution in [0.15, 0.2) is 22.7 Å². The largest absolute Gasteiger partial charge is 0.392 e. The molecule has 2 rings (SSSR count). The van der Waals surface area contributed by atoms with Crippen LogP contribution in [0.1, 0.15) is 18.4 Å².